The Morgan fingerprint density at radius 3 is 2.50 bits per heavy atom. The summed E-state index contributed by atoms with van der Waals surface area (Å²) in [6, 6.07) is 7.98. The van der Waals surface area contributed by atoms with Crippen LogP contribution in [-0.2, 0) is 4.79 Å². The SMILES string of the molecule is [NH3+][C@H](CCC(=O)[O-])c1ccc(I)cc1. The normalized spacial score (nSPS) is 12.4. The van der Waals surface area contributed by atoms with E-state index in [1.54, 1.807) is 0 Å². The van der Waals surface area contributed by atoms with Gasteiger partial charge in [-0.3, -0.25) is 0 Å². The Morgan fingerprint density at radius 2 is 2.00 bits per heavy atom. The van der Waals surface area contributed by atoms with Crippen LogP contribution in [-0.4, -0.2) is 5.97 Å². The standard InChI is InChI=1S/C10H12INO2/c11-8-3-1-7(2-4-8)9(12)5-6-10(13)14/h1-4,9H,5-6,12H2,(H,13,14)/t9-/m1/s1. The number of hydrogen-bond donors (Lipinski definition) is 1. The highest BCUT2D eigenvalue weighted by molar-refractivity contribution is 14.1. The van der Waals surface area contributed by atoms with E-state index >= 15 is 0 Å². The molecule has 1 rings (SSSR count). The van der Waals surface area contributed by atoms with Crippen LogP contribution in [0.25, 0.3) is 0 Å². The van der Waals surface area contributed by atoms with E-state index in [0.717, 1.165) is 5.56 Å². The van der Waals surface area contributed by atoms with Crippen LogP contribution in [0.15, 0.2) is 24.3 Å². The van der Waals surface area contributed by atoms with Gasteiger partial charge in [0.15, 0.2) is 0 Å². The molecule has 0 amide bonds. The van der Waals surface area contributed by atoms with Gasteiger partial charge in [-0.1, -0.05) is 12.1 Å². The molecule has 0 bridgehead atoms. The molecule has 1 atom stereocenters. The first-order valence-corrected chi connectivity index (χ1v) is 5.46. The van der Waals surface area contributed by atoms with E-state index in [-0.39, 0.29) is 12.5 Å². The van der Waals surface area contributed by atoms with Crippen molar-refractivity contribution in [2.24, 2.45) is 0 Å². The maximum Gasteiger partial charge on any atom is 0.110 e. The fourth-order valence-corrected chi connectivity index (χ4v) is 1.55. The van der Waals surface area contributed by atoms with Crippen molar-refractivity contribution in [1.82, 2.24) is 0 Å². The zero-order valence-electron chi connectivity index (χ0n) is 7.70. The smallest absolute Gasteiger partial charge is 0.110 e. The summed E-state index contributed by atoms with van der Waals surface area (Å²) in [5, 5.41) is 10.2. The maximum atomic E-state index is 10.2. The van der Waals surface area contributed by atoms with Gasteiger partial charge in [-0.2, -0.15) is 0 Å². The number of halogens is 1. The summed E-state index contributed by atoms with van der Waals surface area (Å²) < 4.78 is 1.17. The third-order valence-corrected chi connectivity index (χ3v) is 2.76. The lowest BCUT2D eigenvalue weighted by atomic mass is 10.0. The number of benzene rings is 1. The van der Waals surface area contributed by atoms with Gasteiger partial charge in [-0.05, 0) is 41.1 Å². The summed E-state index contributed by atoms with van der Waals surface area (Å²) in [5.41, 5.74) is 4.99. The summed E-state index contributed by atoms with van der Waals surface area (Å²) in [5.74, 6) is -1.01. The number of carboxylic acid groups (broad SMARTS) is 1. The van der Waals surface area contributed by atoms with Crippen molar-refractivity contribution in [3.05, 3.63) is 33.4 Å². The van der Waals surface area contributed by atoms with Gasteiger partial charge in [0.1, 0.15) is 6.04 Å². The lowest BCUT2D eigenvalue weighted by molar-refractivity contribution is -0.428. The fraction of sp³-hybridized carbons (Fsp3) is 0.300. The molecule has 1 aromatic rings. The topological polar surface area (TPSA) is 67.8 Å². The van der Waals surface area contributed by atoms with Crippen molar-refractivity contribution in [3.8, 4) is 0 Å². The van der Waals surface area contributed by atoms with Crippen LogP contribution in [0, 0.1) is 3.57 Å². The second-order valence-corrected chi connectivity index (χ2v) is 4.40. The Kier molecular flexibility index (Phi) is 4.34. The minimum atomic E-state index is -1.01. The van der Waals surface area contributed by atoms with E-state index in [1.165, 1.54) is 3.57 Å². The molecule has 76 valence electrons. The van der Waals surface area contributed by atoms with Gasteiger partial charge in [0, 0.05) is 21.5 Å². The average molecular weight is 305 g/mol. The highest BCUT2D eigenvalue weighted by Crippen LogP contribution is 2.15. The molecule has 0 saturated carbocycles. The molecule has 0 spiro atoms. The monoisotopic (exact) mass is 305 g/mol. The predicted octanol–water partition coefficient (Wildman–Crippen LogP) is 0.104. The Bertz CT molecular complexity index is 310. The van der Waals surface area contributed by atoms with Crippen LogP contribution >= 0.6 is 22.6 Å². The van der Waals surface area contributed by atoms with Crippen molar-refractivity contribution in [1.29, 1.82) is 0 Å². The van der Waals surface area contributed by atoms with Gasteiger partial charge < -0.3 is 15.6 Å². The van der Waals surface area contributed by atoms with Crippen LogP contribution in [0.4, 0.5) is 0 Å². The number of quaternary nitrogens is 1. The Labute approximate surface area is 96.4 Å². The largest absolute Gasteiger partial charge is 0.550 e. The lowest BCUT2D eigenvalue weighted by Gasteiger charge is -2.09. The van der Waals surface area contributed by atoms with Crippen molar-refractivity contribution in [2.75, 3.05) is 0 Å². The molecule has 0 aromatic heterocycles. The summed E-state index contributed by atoms with van der Waals surface area (Å²) in [6.07, 6.45) is 0.600. The highest BCUT2D eigenvalue weighted by Gasteiger charge is 2.08. The van der Waals surface area contributed by atoms with E-state index in [0.29, 0.717) is 6.42 Å². The molecular weight excluding hydrogens is 293 g/mol. The minimum absolute atomic E-state index is 0.0323. The first-order valence-electron chi connectivity index (χ1n) is 4.38. The third kappa shape index (κ3) is 3.63. The van der Waals surface area contributed by atoms with Crippen LogP contribution in [0.2, 0.25) is 0 Å². The molecule has 0 fully saturated rings. The summed E-state index contributed by atoms with van der Waals surface area (Å²) >= 11 is 2.23. The number of rotatable bonds is 4. The molecule has 0 aliphatic heterocycles. The van der Waals surface area contributed by atoms with Crippen molar-refractivity contribution in [3.63, 3.8) is 0 Å². The summed E-state index contributed by atoms with van der Waals surface area (Å²) in [4.78, 5) is 10.2. The molecule has 0 heterocycles. The van der Waals surface area contributed by atoms with Gasteiger partial charge >= 0.3 is 0 Å². The molecule has 1 aromatic carbocycles. The first kappa shape index (κ1) is 11.5. The Morgan fingerprint density at radius 1 is 1.43 bits per heavy atom. The predicted molar refractivity (Wildman–Crippen MR) is 59.0 cm³/mol. The molecule has 0 aliphatic rings. The van der Waals surface area contributed by atoms with Gasteiger partial charge in [0.25, 0.3) is 0 Å². The number of carbonyl (C=O) groups is 1. The zero-order valence-corrected chi connectivity index (χ0v) is 9.86. The van der Waals surface area contributed by atoms with Gasteiger partial charge in [0.2, 0.25) is 0 Å². The van der Waals surface area contributed by atoms with Gasteiger partial charge in [0.05, 0.1) is 0 Å². The molecule has 0 saturated heterocycles. The number of aliphatic carboxylic acids is 1. The average Bonchev–Trinajstić information content (AvgIpc) is 2.15. The van der Waals surface area contributed by atoms with E-state index < -0.39 is 5.97 Å². The minimum Gasteiger partial charge on any atom is -0.550 e. The second kappa shape index (κ2) is 5.31. The zero-order chi connectivity index (χ0) is 10.6. The second-order valence-electron chi connectivity index (χ2n) is 3.16. The van der Waals surface area contributed by atoms with E-state index in [9.17, 15) is 9.90 Å². The Balaban J connectivity index is 2.56. The van der Waals surface area contributed by atoms with Crippen LogP contribution in [0.5, 0.6) is 0 Å². The molecule has 0 aliphatic carbocycles. The molecule has 0 radical (unpaired) electrons. The van der Waals surface area contributed by atoms with E-state index in [1.807, 2.05) is 24.3 Å². The highest BCUT2D eigenvalue weighted by atomic mass is 127. The summed E-state index contributed by atoms with van der Waals surface area (Å²) in [6.45, 7) is 0. The van der Waals surface area contributed by atoms with Gasteiger partial charge in [-0.25, -0.2) is 0 Å². The quantitative estimate of drug-likeness (QED) is 0.802. The van der Waals surface area contributed by atoms with E-state index in [2.05, 4.69) is 28.3 Å². The van der Waals surface area contributed by atoms with E-state index in [4.69, 9.17) is 0 Å². The molecule has 3 nitrogen and oxygen atoms in total. The van der Waals surface area contributed by atoms with Crippen molar-refractivity contribution >= 4 is 28.6 Å². The molecule has 3 N–H and O–H groups in total. The van der Waals surface area contributed by atoms with Crippen LogP contribution in [0.3, 0.4) is 0 Å². The molecule has 14 heavy (non-hydrogen) atoms. The third-order valence-electron chi connectivity index (χ3n) is 2.04. The van der Waals surface area contributed by atoms with Crippen LogP contribution in [0.1, 0.15) is 24.4 Å². The summed E-state index contributed by atoms with van der Waals surface area (Å²) in [7, 11) is 0. The van der Waals surface area contributed by atoms with Gasteiger partial charge in [-0.15, -0.1) is 0 Å². The fourth-order valence-electron chi connectivity index (χ4n) is 1.19. The number of hydrogen-bond acceptors (Lipinski definition) is 2. The van der Waals surface area contributed by atoms with Crippen LogP contribution < -0.4 is 10.8 Å². The molecular formula is C10H12INO2. The number of carboxylic acids is 1. The number of carbonyl (C=O) groups excluding carboxylic acids is 1. The Hall–Kier alpha value is -0.620. The first-order chi connectivity index (χ1) is 6.59. The lowest BCUT2D eigenvalue weighted by Crippen LogP contribution is -2.53. The molecule has 4 heteroatoms. The van der Waals surface area contributed by atoms with Crippen molar-refractivity contribution < 1.29 is 15.6 Å². The van der Waals surface area contributed by atoms with Crippen molar-refractivity contribution in [2.45, 2.75) is 18.9 Å². The molecule has 0 unspecified atom stereocenters. The maximum absolute atomic E-state index is 10.2.